The zero-order valence-electron chi connectivity index (χ0n) is 17.7. The maximum Gasteiger partial charge on any atom is 0.342 e. The summed E-state index contributed by atoms with van der Waals surface area (Å²) < 4.78 is 15.5. The number of benzene rings is 2. The number of amides is 2. The van der Waals surface area contributed by atoms with E-state index in [1.807, 2.05) is 32.0 Å². The molecule has 2 rings (SSSR count). The molecule has 0 aromatic heterocycles. The van der Waals surface area contributed by atoms with E-state index >= 15 is 0 Å². The molecule has 8 heteroatoms. The highest BCUT2D eigenvalue weighted by atomic mass is 16.5. The highest BCUT2D eigenvalue weighted by Gasteiger charge is 2.22. The number of hydrogen-bond donors (Lipinski definition) is 2. The number of nitrogens with one attached hydrogen (secondary N) is 2. The molecule has 0 aliphatic heterocycles. The molecule has 2 aromatic carbocycles. The number of hydrogen-bond acceptors (Lipinski definition) is 6. The largest absolute Gasteiger partial charge is 0.497 e. The fourth-order valence-electron chi connectivity index (χ4n) is 2.75. The van der Waals surface area contributed by atoms with Crippen molar-refractivity contribution in [2.75, 3.05) is 26.1 Å². The fraction of sp³-hybridized carbons (Fsp3) is 0.318. The number of anilines is 1. The molecular weight excluding hydrogens is 388 g/mol. The van der Waals surface area contributed by atoms with Gasteiger partial charge < -0.3 is 24.8 Å². The first kappa shape index (κ1) is 22.7. The normalized spacial score (nSPS) is 11.2. The van der Waals surface area contributed by atoms with Crippen LogP contribution in [0.1, 0.15) is 28.4 Å². The zero-order chi connectivity index (χ0) is 22.3. The summed E-state index contributed by atoms with van der Waals surface area (Å²) in [5.74, 6) is -0.912. The predicted octanol–water partition coefficient (Wildman–Crippen LogP) is 2.62. The van der Waals surface area contributed by atoms with E-state index in [0.717, 1.165) is 11.1 Å². The van der Waals surface area contributed by atoms with Crippen LogP contribution in [0.25, 0.3) is 0 Å². The van der Waals surface area contributed by atoms with Crippen molar-refractivity contribution in [1.82, 2.24) is 5.32 Å². The van der Waals surface area contributed by atoms with Gasteiger partial charge in [0.1, 0.15) is 17.1 Å². The number of rotatable bonds is 8. The van der Waals surface area contributed by atoms with Crippen molar-refractivity contribution in [3.8, 4) is 11.5 Å². The highest BCUT2D eigenvalue weighted by Crippen LogP contribution is 2.25. The van der Waals surface area contributed by atoms with Gasteiger partial charge in [-0.1, -0.05) is 18.2 Å². The van der Waals surface area contributed by atoms with Gasteiger partial charge in [0.15, 0.2) is 6.10 Å². The summed E-state index contributed by atoms with van der Waals surface area (Å²) >= 11 is 0. The monoisotopic (exact) mass is 414 g/mol. The van der Waals surface area contributed by atoms with Crippen molar-refractivity contribution in [1.29, 1.82) is 0 Å². The summed E-state index contributed by atoms with van der Waals surface area (Å²) in [6, 6.07) is 10.3. The third-order valence-corrected chi connectivity index (χ3v) is 4.45. The number of carbonyl (C=O) groups excluding carboxylic acids is 3. The Morgan fingerprint density at radius 3 is 2.27 bits per heavy atom. The van der Waals surface area contributed by atoms with Gasteiger partial charge in [0.25, 0.3) is 5.91 Å². The Kier molecular flexibility index (Phi) is 7.80. The summed E-state index contributed by atoms with van der Waals surface area (Å²) in [5, 5.41) is 5.24. The van der Waals surface area contributed by atoms with Gasteiger partial charge in [0.05, 0.1) is 20.8 Å². The summed E-state index contributed by atoms with van der Waals surface area (Å²) in [5.41, 5.74) is 2.71. The molecule has 1 atom stereocenters. The number of carbonyl (C=O) groups is 3. The van der Waals surface area contributed by atoms with Crippen LogP contribution in [0.4, 0.5) is 5.69 Å². The summed E-state index contributed by atoms with van der Waals surface area (Å²) in [6.07, 6.45) is -1.10. The Balaban J connectivity index is 1.91. The first-order valence-electron chi connectivity index (χ1n) is 9.33. The molecule has 8 nitrogen and oxygen atoms in total. The van der Waals surface area contributed by atoms with E-state index in [2.05, 4.69) is 10.6 Å². The molecule has 0 saturated carbocycles. The number of para-hydroxylation sites is 1. The lowest BCUT2D eigenvalue weighted by atomic mass is 10.1. The number of esters is 1. The summed E-state index contributed by atoms with van der Waals surface area (Å²) in [7, 11) is 2.91. The standard InChI is InChI=1S/C22H26N2O6/c1-13-7-6-8-14(2)20(13)24-19(25)12-23-21(26)15(3)30-22(27)17-10-9-16(28-4)11-18(17)29-5/h6-11,15H,12H2,1-5H3,(H,23,26)(H,24,25). The van der Waals surface area contributed by atoms with E-state index in [9.17, 15) is 14.4 Å². The third kappa shape index (κ3) is 5.73. The average molecular weight is 414 g/mol. The summed E-state index contributed by atoms with van der Waals surface area (Å²) in [4.78, 5) is 36.8. The molecule has 30 heavy (non-hydrogen) atoms. The van der Waals surface area contributed by atoms with Crippen LogP contribution in [0.2, 0.25) is 0 Å². The second kappa shape index (κ2) is 10.3. The molecular formula is C22H26N2O6. The van der Waals surface area contributed by atoms with E-state index in [1.54, 1.807) is 12.1 Å². The van der Waals surface area contributed by atoms with Crippen molar-refractivity contribution in [3.63, 3.8) is 0 Å². The quantitative estimate of drug-likeness (QED) is 0.644. The second-order valence-corrected chi connectivity index (χ2v) is 6.65. The molecule has 0 aliphatic rings. The van der Waals surface area contributed by atoms with Crippen molar-refractivity contribution in [2.24, 2.45) is 0 Å². The first-order chi connectivity index (χ1) is 14.3. The number of ether oxygens (including phenoxy) is 3. The fourth-order valence-corrected chi connectivity index (χ4v) is 2.75. The van der Waals surface area contributed by atoms with Gasteiger partial charge in [-0.05, 0) is 44.0 Å². The molecule has 2 amide bonds. The minimum atomic E-state index is -1.10. The van der Waals surface area contributed by atoms with Crippen molar-refractivity contribution in [2.45, 2.75) is 26.9 Å². The van der Waals surface area contributed by atoms with Gasteiger partial charge in [-0.3, -0.25) is 9.59 Å². The molecule has 0 aliphatic carbocycles. The molecule has 0 saturated heterocycles. The molecule has 0 heterocycles. The Bertz CT molecular complexity index is 921. The molecule has 0 radical (unpaired) electrons. The van der Waals surface area contributed by atoms with E-state index in [0.29, 0.717) is 11.4 Å². The maximum absolute atomic E-state index is 12.4. The van der Waals surface area contributed by atoms with E-state index < -0.39 is 18.0 Å². The topological polar surface area (TPSA) is 103 Å². The average Bonchev–Trinajstić information content (AvgIpc) is 2.73. The molecule has 0 bridgehead atoms. The minimum absolute atomic E-state index is 0.158. The van der Waals surface area contributed by atoms with Gasteiger partial charge in [0, 0.05) is 11.8 Å². The molecule has 0 fully saturated rings. The number of aryl methyl sites for hydroxylation is 2. The smallest absolute Gasteiger partial charge is 0.342 e. The van der Waals surface area contributed by atoms with Crippen LogP contribution in [0, 0.1) is 13.8 Å². The Hall–Kier alpha value is -3.55. The van der Waals surface area contributed by atoms with Crippen LogP contribution < -0.4 is 20.1 Å². The van der Waals surface area contributed by atoms with Crippen molar-refractivity contribution < 1.29 is 28.6 Å². The third-order valence-electron chi connectivity index (χ3n) is 4.45. The van der Waals surface area contributed by atoms with Gasteiger partial charge in [-0.25, -0.2) is 4.79 Å². The lowest BCUT2D eigenvalue weighted by Crippen LogP contribution is -2.40. The van der Waals surface area contributed by atoms with Crippen LogP contribution in [-0.2, 0) is 14.3 Å². The Morgan fingerprint density at radius 2 is 1.67 bits per heavy atom. The van der Waals surface area contributed by atoms with Crippen LogP contribution >= 0.6 is 0 Å². The van der Waals surface area contributed by atoms with Crippen LogP contribution in [-0.4, -0.2) is 44.7 Å². The molecule has 2 aromatic rings. The van der Waals surface area contributed by atoms with E-state index in [1.165, 1.54) is 27.2 Å². The summed E-state index contributed by atoms with van der Waals surface area (Å²) in [6.45, 7) is 4.94. The van der Waals surface area contributed by atoms with Gasteiger partial charge in [0.2, 0.25) is 5.91 Å². The van der Waals surface area contributed by atoms with Crippen LogP contribution in [0.3, 0.4) is 0 Å². The molecule has 2 N–H and O–H groups in total. The van der Waals surface area contributed by atoms with E-state index in [4.69, 9.17) is 14.2 Å². The van der Waals surface area contributed by atoms with Gasteiger partial charge in [-0.15, -0.1) is 0 Å². The zero-order valence-corrected chi connectivity index (χ0v) is 17.7. The van der Waals surface area contributed by atoms with E-state index in [-0.39, 0.29) is 23.8 Å². The Morgan fingerprint density at radius 1 is 1.00 bits per heavy atom. The maximum atomic E-state index is 12.4. The second-order valence-electron chi connectivity index (χ2n) is 6.65. The highest BCUT2D eigenvalue weighted by molar-refractivity contribution is 5.97. The van der Waals surface area contributed by atoms with Crippen LogP contribution in [0.5, 0.6) is 11.5 Å². The van der Waals surface area contributed by atoms with Gasteiger partial charge in [-0.2, -0.15) is 0 Å². The molecule has 160 valence electrons. The first-order valence-corrected chi connectivity index (χ1v) is 9.33. The molecule has 1 unspecified atom stereocenters. The SMILES string of the molecule is COc1ccc(C(=O)OC(C)C(=O)NCC(=O)Nc2c(C)cccc2C)c(OC)c1. The lowest BCUT2D eigenvalue weighted by Gasteiger charge is -2.16. The predicted molar refractivity (Wildman–Crippen MR) is 112 cm³/mol. The van der Waals surface area contributed by atoms with Crippen molar-refractivity contribution >= 4 is 23.5 Å². The van der Waals surface area contributed by atoms with Gasteiger partial charge >= 0.3 is 5.97 Å². The minimum Gasteiger partial charge on any atom is -0.497 e. The Labute approximate surface area is 175 Å². The van der Waals surface area contributed by atoms with Crippen molar-refractivity contribution in [3.05, 3.63) is 53.1 Å². The molecule has 0 spiro atoms. The number of methoxy groups -OCH3 is 2. The lowest BCUT2D eigenvalue weighted by molar-refractivity contribution is -0.130. The van der Waals surface area contributed by atoms with Crippen LogP contribution in [0.15, 0.2) is 36.4 Å².